The lowest BCUT2D eigenvalue weighted by atomic mass is 9.82. The molecule has 2 aliphatic rings. The predicted molar refractivity (Wildman–Crippen MR) is 79.9 cm³/mol. The first-order chi connectivity index (χ1) is 9.74. The second kappa shape index (κ2) is 6.14. The van der Waals surface area contributed by atoms with Gasteiger partial charge in [-0.15, -0.1) is 11.3 Å². The Balaban J connectivity index is 1.50. The molecule has 0 unspecified atom stereocenters. The van der Waals surface area contributed by atoms with Crippen LogP contribution < -0.4 is 10.6 Å². The average molecular weight is 294 g/mol. The Labute approximate surface area is 123 Å². The second-order valence-electron chi connectivity index (χ2n) is 5.75. The summed E-state index contributed by atoms with van der Waals surface area (Å²) in [7, 11) is 0. The van der Waals surface area contributed by atoms with Gasteiger partial charge in [-0.2, -0.15) is 0 Å². The summed E-state index contributed by atoms with van der Waals surface area (Å²) in [6.07, 6.45) is 4.83. The number of nitrogens with one attached hydrogen (secondary N) is 2. The summed E-state index contributed by atoms with van der Waals surface area (Å²) in [6, 6.07) is 2.32. The summed E-state index contributed by atoms with van der Waals surface area (Å²) >= 11 is 1.69. The Morgan fingerprint density at radius 1 is 1.45 bits per heavy atom. The molecule has 1 aromatic rings. The first-order valence-electron chi connectivity index (χ1n) is 7.43. The van der Waals surface area contributed by atoms with Crippen LogP contribution in [-0.2, 0) is 11.3 Å². The molecule has 2 heterocycles. The number of carbonyl (C=O) groups is 1. The zero-order valence-corrected chi connectivity index (χ0v) is 12.7. The first kappa shape index (κ1) is 13.9. The van der Waals surface area contributed by atoms with Crippen molar-refractivity contribution in [2.45, 2.75) is 51.3 Å². The molecule has 2 amide bonds. The summed E-state index contributed by atoms with van der Waals surface area (Å²) in [4.78, 5) is 13.3. The zero-order chi connectivity index (χ0) is 13.9. The molecule has 3 rings (SSSR count). The van der Waals surface area contributed by atoms with Crippen molar-refractivity contribution in [3.05, 3.63) is 21.9 Å². The van der Waals surface area contributed by atoms with E-state index in [4.69, 9.17) is 4.74 Å². The Hall–Kier alpha value is -1.07. The molecule has 1 aliphatic heterocycles. The van der Waals surface area contributed by atoms with Gasteiger partial charge < -0.3 is 15.4 Å². The number of rotatable bonds is 3. The molecule has 5 heteroatoms. The third-order valence-corrected chi connectivity index (χ3v) is 5.50. The van der Waals surface area contributed by atoms with E-state index in [-0.39, 0.29) is 12.1 Å². The number of carbonyl (C=O) groups excluding carboxylic acids is 1. The Morgan fingerprint density at radius 2 is 2.35 bits per heavy atom. The minimum atomic E-state index is -0.0460. The van der Waals surface area contributed by atoms with Gasteiger partial charge in [0, 0.05) is 23.4 Å². The van der Waals surface area contributed by atoms with Crippen LogP contribution in [0, 0.1) is 12.8 Å². The van der Waals surface area contributed by atoms with Crippen LogP contribution in [0.15, 0.2) is 11.4 Å². The Bertz CT molecular complexity index is 474. The van der Waals surface area contributed by atoms with Crippen molar-refractivity contribution >= 4 is 17.4 Å². The number of thiophene rings is 1. The van der Waals surface area contributed by atoms with Crippen LogP contribution in [0.1, 0.15) is 36.1 Å². The van der Waals surface area contributed by atoms with Crippen molar-refractivity contribution in [1.82, 2.24) is 10.6 Å². The highest BCUT2D eigenvalue weighted by molar-refractivity contribution is 7.10. The molecule has 4 nitrogen and oxygen atoms in total. The highest BCUT2D eigenvalue weighted by Crippen LogP contribution is 2.34. The van der Waals surface area contributed by atoms with Crippen molar-refractivity contribution in [1.29, 1.82) is 0 Å². The van der Waals surface area contributed by atoms with Gasteiger partial charge in [-0.05, 0) is 49.6 Å². The second-order valence-corrected chi connectivity index (χ2v) is 6.75. The fraction of sp³-hybridized carbons (Fsp3) is 0.667. The minimum absolute atomic E-state index is 0.0460. The van der Waals surface area contributed by atoms with Crippen molar-refractivity contribution in [2.24, 2.45) is 5.92 Å². The molecule has 2 N–H and O–H groups in total. The number of hydrogen-bond acceptors (Lipinski definition) is 3. The van der Waals surface area contributed by atoms with E-state index >= 15 is 0 Å². The molecular formula is C15H22N2O2S. The summed E-state index contributed by atoms with van der Waals surface area (Å²) in [5.74, 6) is 0.512. The van der Waals surface area contributed by atoms with Gasteiger partial charge in [-0.1, -0.05) is 0 Å². The van der Waals surface area contributed by atoms with E-state index in [0.29, 0.717) is 18.6 Å². The molecule has 0 spiro atoms. The van der Waals surface area contributed by atoms with Gasteiger partial charge in [-0.3, -0.25) is 0 Å². The standard InChI is InChI=1S/C15H22N2O2S/c1-10-6-8-20-14(10)9-16-15(18)17-12-3-2-4-13-11(12)5-7-19-13/h6,8,11-13H,2-5,7,9H2,1H3,(H2,16,17,18)/t11-,12+,13-/m0/s1. The predicted octanol–water partition coefficient (Wildman–Crippen LogP) is 2.81. The van der Waals surface area contributed by atoms with Crippen LogP contribution in [0.2, 0.25) is 0 Å². The first-order valence-corrected chi connectivity index (χ1v) is 8.31. The zero-order valence-electron chi connectivity index (χ0n) is 11.9. The van der Waals surface area contributed by atoms with Crippen molar-refractivity contribution in [3.8, 4) is 0 Å². The summed E-state index contributed by atoms with van der Waals surface area (Å²) in [5.41, 5.74) is 1.25. The molecule has 3 atom stereocenters. The number of aryl methyl sites for hydroxylation is 1. The third kappa shape index (κ3) is 2.99. The lowest BCUT2D eigenvalue weighted by Gasteiger charge is -2.33. The van der Waals surface area contributed by atoms with Gasteiger partial charge in [0.05, 0.1) is 12.6 Å². The molecule has 110 valence electrons. The molecule has 20 heavy (non-hydrogen) atoms. The van der Waals surface area contributed by atoms with Gasteiger partial charge in [-0.25, -0.2) is 4.79 Å². The van der Waals surface area contributed by atoms with Crippen LogP contribution in [-0.4, -0.2) is 24.8 Å². The lowest BCUT2D eigenvalue weighted by Crippen LogP contribution is -2.49. The molecule has 1 aliphatic carbocycles. The van der Waals surface area contributed by atoms with Crippen LogP contribution in [0.5, 0.6) is 0 Å². The normalized spacial score (nSPS) is 28.9. The average Bonchev–Trinajstić information content (AvgIpc) is 3.06. The summed E-state index contributed by atoms with van der Waals surface area (Å²) in [5, 5.41) is 8.18. The van der Waals surface area contributed by atoms with E-state index < -0.39 is 0 Å². The largest absolute Gasteiger partial charge is 0.378 e. The minimum Gasteiger partial charge on any atom is -0.378 e. The molecular weight excluding hydrogens is 272 g/mol. The number of ether oxygens (including phenoxy) is 1. The molecule has 1 aromatic heterocycles. The smallest absolute Gasteiger partial charge is 0.315 e. The number of fused-ring (bicyclic) bond motifs is 1. The SMILES string of the molecule is Cc1ccsc1CNC(=O)N[C@@H]1CCC[C@@H]2OCC[C@H]21. The number of urea groups is 1. The lowest BCUT2D eigenvalue weighted by molar-refractivity contribution is 0.0549. The van der Waals surface area contributed by atoms with E-state index in [0.717, 1.165) is 32.3 Å². The van der Waals surface area contributed by atoms with Crippen LogP contribution >= 0.6 is 11.3 Å². The third-order valence-electron chi connectivity index (χ3n) is 4.48. The molecule has 2 fully saturated rings. The Kier molecular flexibility index (Phi) is 4.27. The number of amides is 2. The van der Waals surface area contributed by atoms with E-state index in [1.165, 1.54) is 10.4 Å². The van der Waals surface area contributed by atoms with E-state index in [2.05, 4.69) is 29.0 Å². The van der Waals surface area contributed by atoms with Crippen LogP contribution in [0.3, 0.4) is 0 Å². The summed E-state index contributed by atoms with van der Waals surface area (Å²) in [6.45, 7) is 3.54. The van der Waals surface area contributed by atoms with Crippen LogP contribution in [0.4, 0.5) is 4.79 Å². The molecule has 0 radical (unpaired) electrons. The maximum absolute atomic E-state index is 12.0. The summed E-state index contributed by atoms with van der Waals surface area (Å²) < 4.78 is 5.73. The molecule has 1 saturated heterocycles. The van der Waals surface area contributed by atoms with E-state index in [9.17, 15) is 4.79 Å². The van der Waals surface area contributed by atoms with Gasteiger partial charge in [0.15, 0.2) is 0 Å². The van der Waals surface area contributed by atoms with Gasteiger partial charge in [0.2, 0.25) is 0 Å². The molecule has 1 saturated carbocycles. The molecule has 0 bridgehead atoms. The fourth-order valence-electron chi connectivity index (χ4n) is 3.32. The topological polar surface area (TPSA) is 50.4 Å². The highest BCUT2D eigenvalue weighted by atomic mass is 32.1. The quantitative estimate of drug-likeness (QED) is 0.900. The highest BCUT2D eigenvalue weighted by Gasteiger charge is 2.38. The van der Waals surface area contributed by atoms with Crippen molar-refractivity contribution < 1.29 is 9.53 Å². The van der Waals surface area contributed by atoms with Crippen LogP contribution in [0.25, 0.3) is 0 Å². The van der Waals surface area contributed by atoms with Crippen molar-refractivity contribution in [3.63, 3.8) is 0 Å². The van der Waals surface area contributed by atoms with Crippen molar-refractivity contribution in [2.75, 3.05) is 6.61 Å². The monoisotopic (exact) mass is 294 g/mol. The molecule has 0 aromatic carbocycles. The number of hydrogen-bond donors (Lipinski definition) is 2. The fourth-order valence-corrected chi connectivity index (χ4v) is 4.17. The van der Waals surface area contributed by atoms with Gasteiger partial charge in [0.25, 0.3) is 0 Å². The van der Waals surface area contributed by atoms with Gasteiger partial charge in [0.1, 0.15) is 0 Å². The van der Waals surface area contributed by atoms with E-state index in [1.54, 1.807) is 11.3 Å². The van der Waals surface area contributed by atoms with E-state index in [1.807, 2.05) is 0 Å². The maximum Gasteiger partial charge on any atom is 0.315 e. The van der Waals surface area contributed by atoms with Gasteiger partial charge >= 0.3 is 6.03 Å². The Morgan fingerprint density at radius 3 is 3.15 bits per heavy atom. The maximum atomic E-state index is 12.0.